The van der Waals surface area contributed by atoms with E-state index < -0.39 is 9.84 Å². The average molecular weight is 397 g/mol. The van der Waals surface area contributed by atoms with Gasteiger partial charge in [0.1, 0.15) is 5.75 Å². The molecule has 1 saturated heterocycles. The number of nitrogens with zero attached hydrogens (tertiary/aromatic N) is 2. The SMILES string of the molecule is COc1ccc(NC(=O)c2cnc(NC3CCS(=O)(=O)C3)nc2)cc1Cl. The Morgan fingerprint density at radius 2 is 2.04 bits per heavy atom. The van der Waals surface area contributed by atoms with E-state index in [1.807, 2.05) is 0 Å². The molecule has 138 valence electrons. The van der Waals surface area contributed by atoms with Crippen molar-refractivity contribution >= 4 is 39.0 Å². The van der Waals surface area contributed by atoms with E-state index in [2.05, 4.69) is 20.6 Å². The molecule has 0 radical (unpaired) electrons. The van der Waals surface area contributed by atoms with Gasteiger partial charge in [0.2, 0.25) is 5.95 Å². The van der Waals surface area contributed by atoms with Crippen LogP contribution < -0.4 is 15.4 Å². The van der Waals surface area contributed by atoms with Gasteiger partial charge in [-0.25, -0.2) is 18.4 Å². The molecule has 1 fully saturated rings. The molecule has 26 heavy (non-hydrogen) atoms. The fourth-order valence-electron chi connectivity index (χ4n) is 2.56. The molecule has 1 aliphatic heterocycles. The largest absolute Gasteiger partial charge is 0.495 e. The minimum atomic E-state index is -2.98. The molecule has 1 atom stereocenters. The summed E-state index contributed by atoms with van der Waals surface area (Å²) in [5, 5.41) is 6.05. The molecule has 2 aromatic rings. The van der Waals surface area contributed by atoms with E-state index in [4.69, 9.17) is 16.3 Å². The van der Waals surface area contributed by atoms with E-state index in [9.17, 15) is 13.2 Å². The highest BCUT2D eigenvalue weighted by atomic mass is 35.5. The number of carbonyl (C=O) groups is 1. The van der Waals surface area contributed by atoms with Crippen molar-refractivity contribution in [2.75, 3.05) is 29.2 Å². The quantitative estimate of drug-likeness (QED) is 0.795. The average Bonchev–Trinajstić information content (AvgIpc) is 2.94. The van der Waals surface area contributed by atoms with Crippen LogP contribution in [0.25, 0.3) is 0 Å². The van der Waals surface area contributed by atoms with E-state index in [1.165, 1.54) is 19.5 Å². The first kappa shape index (κ1) is 18.4. The summed E-state index contributed by atoms with van der Waals surface area (Å²) in [5.74, 6) is 0.640. The molecule has 0 bridgehead atoms. The molecule has 8 nitrogen and oxygen atoms in total. The number of hydrogen-bond acceptors (Lipinski definition) is 7. The van der Waals surface area contributed by atoms with Crippen LogP contribution in [-0.4, -0.2) is 49.0 Å². The summed E-state index contributed by atoms with van der Waals surface area (Å²) in [4.78, 5) is 20.4. The number of methoxy groups -OCH3 is 1. The number of amides is 1. The van der Waals surface area contributed by atoms with Crippen LogP contribution in [0.3, 0.4) is 0 Å². The first-order valence-corrected chi connectivity index (χ1v) is 10.00. The van der Waals surface area contributed by atoms with Crippen LogP contribution in [0.1, 0.15) is 16.8 Å². The van der Waals surface area contributed by atoms with Crippen LogP contribution in [0.4, 0.5) is 11.6 Å². The number of halogens is 1. The van der Waals surface area contributed by atoms with Gasteiger partial charge in [0.05, 0.1) is 29.2 Å². The summed E-state index contributed by atoms with van der Waals surface area (Å²) < 4.78 is 28.0. The maximum absolute atomic E-state index is 12.3. The molecule has 2 N–H and O–H groups in total. The van der Waals surface area contributed by atoms with Gasteiger partial charge in [-0.15, -0.1) is 0 Å². The van der Waals surface area contributed by atoms with Gasteiger partial charge in [-0.3, -0.25) is 4.79 Å². The second kappa shape index (κ2) is 7.46. The minimum Gasteiger partial charge on any atom is -0.495 e. The van der Waals surface area contributed by atoms with E-state index in [1.54, 1.807) is 18.2 Å². The molecule has 1 amide bonds. The highest BCUT2D eigenvalue weighted by molar-refractivity contribution is 7.91. The van der Waals surface area contributed by atoms with E-state index in [0.717, 1.165) is 0 Å². The Morgan fingerprint density at radius 3 is 2.62 bits per heavy atom. The van der Waals surface area contributed by atoms with Crippen LogP contribution in [0.15, 0.2) is 30.6 Å². The highest BCUT2D eigenvalue weighted by Gasteiger charge is 2.28. The predicted octanol–water partition coefficient (Wildman–Crippen LogP) is 1.99. The van der Waals surface area contributed by atoms with Gasteiger partial charge in [-0.2, -0.15) is 0 Å². The lowest BCUT2D eigenvalue weighted by Gasteiger charge is -2.11. The molecule has 3 rings (SSSR count). The molecule has 1 aliphatic rings. The van der Waals surface area contributed by atoms with Crippen LogP contribution in [0.5, 0.6) is 5.75 Å². The lowest BCUT2D eigenvalue weighted by molar-refractivity contribution is 0.102. The standard InChI is InChI=1S/C16H17ClN4O4S/c1-25-14-3-2-11(6-13(14)17)20-15(22)10-7-18-16(19-8-10)21-12-4-5-26(23,24)9-12/h2-3,6-8,12H,4-5,9H2,1H3,(H,20,22)(H,18,19,21). The van der Waals surface area contributed by atoms with Crippen LogP contribution in [-0.2, 0) is 9.84 Å². The molecule has 2 heterocycles. The van der Waals surface area contributed by atoms with E-state index in [0.29, 0.717) is 22.9 Å². The molecule has 0 aliphatic carbocycles. The monoisotopic (exact) mass is 396 g/mol. The fourth-order valence-corrected chi connectivity index (χ4v) is 4.49. The minimum absolute atomic E-state index is 0.0663. The maximum Gasteiger partial charge on any atom is 0.258 e. The first-order chi connectivity index (χ1) is 12.4. The fraction of sp³-hybridized carbons (Fsp3) is 0.312. The van der Waals surface area contributed by atoms with Crippen LogP contribution in [0, 0.1) is 0 Å². The van der Waals surface area contributed by atoms with Crippen molar-refractivity contribution in [3.05, 3.63) is 41.2 Å². The summed E-state index contributed by atoms with van der Waals surface area (Å²) in [5.41, 5.74) is 0.778. The van der Waals surface area contributed by atoms with Crippen molar-refractivity contribution in [1.82, 2.24) is 9.97 Å². The Balaban J connectivity index is 1.63. The summed E-state index contributed by atoms with van der Waals surface area (Å²) in [7, 11) is -1.47. The van der Waals surface area contributed by atoms with Gasteiger partial charge in [0, 0.05) is 24.1 Å². The smallest absolute Gasteiger partial charge is 0.258 e. The molecule has 1 aromatic heterocycles. The zero-order valence-corrected chi connectivity index (χ0v) is 15.5. The van der Waals surface area contributed by atoms with Crippen LogP contribution >= 0.6 is 11.6 Å². The number of nitrogens with one attached hydrogen (secondary N) is 2. The van der Waals surface area contributed by atoms with Gasteiger partial charge in [0.15, 0.2) is 9.84 Å². The van der Waals surface area contributed by atoms with E-state index >= 15 is 0 Å². The lowest BCUT2D eigenvalue weighted by Crippen LogP contribution is -2.22. The van der Waals surface area contributed by atoms with Gasteiger partial charge in [-0.1, -0.05) is 11.6 Å². The number of benzene rings is 1. The summed E-state index contributed by atoms with van der Waals surface area (Å²) in [6.45, 7) is 0. The van der Waals surface area contributed by atoms with Crippen LogP contribution in [0.2, 0.25) is 5.02 Å². The van der Waals surface area contributed by atoms with Gasteiger partial charge in [-0.05, 0) is 24.6 Å². The highest BCUT2D eigenvalue weighted by Crippen LogP contribution is 2.27. The summed E-state index contributed by atoms with van der Waals surface area (Å²) in [6.07, 6.45) is 3.27. The maximum atomic E-state index is 12.3. The molecule has 0 saturated carbocycles. The second-order valence-corrected chi connectivity index (χ2v) is 8.48. The van der Waals surface area contributed by atoms with Gasteiger partial charge >= 0.3 is 0 Å². The Morgan fingerprint density at radius 1 is 1.31 bits per heavy atom. The topological polar surface area (TPSA) is 110 Å². The van der Waals surface area contributed by atoms with Crippen molar-refractivity contribution in [3.63, 3.8) is 0 Å². The number of aromatic nitrogens is 2. The number of rotatable bonds is 5. The van der Waals surface area contributed by atoms with Crippen molar-refractivity contribution in [3.8, 4) is 5.75 Å². The Hall–Kier alpha value is -2.39. The Bertz CT molecular complexity index is 918. The Kier molecular flexibility index (Phi) is 5.28. The third-order valence-electron chi connectivity index (χ3n) is 3.89. The third-order valence-corrected chi connectivity index (χ3v) is 5.95. The van der Waals surface area contributed by atoms with E-state index in [-0.39, 0.29) is 35.0 Å². The second-order valence-electron chi connectivity index (χ2n) is 5.84. The normalized spacial score (nSPS) is 18.3. The zero-order valence-electron chi connectivity index (χ0n) is 13.9. The van der Waals surface area contributed by atoms with Crippen molar-refractivity contribution < 1.29 is 17.9 Å². The van der Waals surface area contributed by atoms with Crippen molar-refractivity contribution in [2.24, 2.45) is 0 Å². The molecule has 1 unspecified atom stereocenters. The number of sulfone groups is 1. The van der Waals surface area contributed by atoms with Gasteiger partial charge < -0.3 is 15.4 Å². The number of hydrogen-bond donors (Lipinski definition) is 2. The number of anilines is 2. The number of ether oxygens (including phenoxy) is 1. The Labute approximate surface area is 155 Å². The summed E-state index contributed by atoms with van der Waals surface area (Å²) in [6, 6.07) is 4.69. The molecule has 1 aromatic carbocycles. The number of carbonyl (C=O) groups excluding carboxylic acids is 1. The third kappa shape index (κ3) is 4.41. The molecular weight excluding hydrogens is 380 g/mol. The van der Waals surface area contributed by atoms with Crippen molar-refractivity contribution in [2.45, 2.75) is 12.5 Å². The zero-order chi connectivity index (χ0) is 18.7. The van der Waals surface area contributed by atoms with Gasteiger partial charge in [0.25, 0.3) is 5.91 Å². The predicted molar refractivity (Wildman–Crippen MR) is 98.7 cm³/mol. The molecule has 0 spiro atoms. The molecular formula is C16H17ClN4O4S. The molecule has 10 heteroatoms. The first-order valence-electron chi connectivity index (χ1n) is 7.80. The lowest BCUT2D eigenvalue weighted by atomic mass is 10.2. The van der Waals surface area contributed by atoms with Crippen molar-refractivity contribution in [1.29, 1.82) is 0 Å². The summed E-state index contributed by atoms with van der Waals surface area (Å²) >= 11 is 6.03.